The van der Waals surface area contributed by atoms with E-state index in [1.807, 2.05) is 24.3 Å². The first-order valence-electron chi connectivity index (χ1n) is 20.4. The summed E-state index contributed by atoms with van der Waals surface area (Å²) in [6.45, 7) is 4.44. The van der Waals surface area contributed by atoms with Gasteiger partial charge in [0.05, 0.1) is 39.8 Å². The fourth-order valence-electron chi connectivity index (χ4n) is 9.83. The van der Waals surface area contributed by atoms with Gasteiger partial charge in [0.2, 0.25) is 0 Å². The smallest absolute Gasteiger partial charge is 0.142 e. The van der Waals surface area contributed by atoms with Gasteiger partial charge in [0.1, 0.15) is 17.0 Å². The van der Waals surface area contributed by atoms with Gasteiger partial charge in [0, 0.05) is 48.7 Å². The second-order valence-corrected chi connectivity index (χ2v) is 15.8. The Labute approximate surface area is 343 Å². The normalized spacial score (nSPS) is 12.6. The quantitative estimate of drug-likeness (QED) is 0.127. The van der Waals surface area contributed by atoms with Crippen molar-refractivity contribution in [2.75, 3.05) is 0 Å². The van der Waals surface area contributed by atoms with Crippen molar-refractivity contribution in [2.24, 2.45) is 9.98 Å². The van der Waals surface area contributed by atoms with Crippen molar-refractivity contribution >= 4 is 111 Å². The van der Waals surface area contributed by atoms with Gasteiger partial charge in [-0.15, -0.1) is 0 Å². The van der Waals surface area contributed by atoms with Crippen LogP contribution in [0.15, 0.2) is 196 Å². The van der Waals surface area contributed by atoms with Crippen LogP contribution in [0, 0.1) is 0 Å². The van der Waals surface area contributed by atoms with Crippen LogP contribution in [-0.2, 0) is 6.54 Å². The summed E-state index contributed by atoms with van der Waals surface area (Å²) < 4.78 is 11.3. The van der Waals surface area contributed by atoms with Gasteiger partial charge in [-0.05, 0) is 107 Å². The van der Waals surface area contributed by atoms with Crippen LogP contribution >= 0.6 is 0 Å². The molecule has 0 aliphatic heterocycles. The molecular weight excluding hydrogens is 733 g/mol. The number of para-hydroxylation sites is 4. The van der Waals surface area contributed by atoms with Crippen LogP contribution in [0.1, 0.15) is 11.1 Å². The molecule has 9 aromatic carbocycles. The SMILES string of the molecule is C=Nc1ccccc1C(=NCc1ccccc1)n1c2ccccc2c2cc(-c3ccc4oc5cc6cc7c(cc6cc5c4c3)c3cccc4c5ccccc5n7c43)ccc21. The van der Waals surface area contributed by atoms with E-state index in [1.54, 1.807) is 0 Å². The van der Waals surface area contributed by atoms with Crippen LogP contribution in [-0.4, -0.2) is 21.5 Å². The highest BCUT2D eigenvalue weighted by Crippen LogP contribution is 2.42. The molecule has 0 saturated heterocycles. The summed E-state index contributed by atoms with van der Waals surface area (Å²) >= 11 is 0. The minimum Gasteiger partial charge on any atom is -0.456 e. The van der Waals surface area contributed by atoms with E-state index in [0.717, 1.165) is 77.5 Å². The van der Waals surface area contributed by atoms with Crippen LogP contribution in [0.2, 0.25) is 0 Å². The number of fused-ring (bicyclic) bond motifs is 13. The van der Waals surface area contributed by atoms with Gasteiger partial charge < -0.3 is 8.82 Å². The van der Waals surface area contributed by atoms with Gasteiger partial charge in [-0.25, -0.2) is 0 Å². The van der Waals surface area contributed by atoms with Crippen LogP contribution in [0.25, 0.3) is 104 Å². The largest absolute Gasteiger partial charge is 0.456 e. The molecule has 60 heavy (non-hydrogen) atoms. The molecule has 4 heterocycles. The number of rotatable bonds is 5. The first-order valence-corrected chi connectivity index (χ1v) is 20.4. The molecule has 13 rings (SSSR count). The average molecular weight is 767 g/mol. The zero-order chi connectivity index (χ0) is 39.5. The summed E-state index contributed by atoms with van der Waals surface area (Å²) in [6, 6.07) is 65.1. The van der Waals surface area contributed by atoms with Crippen molar-refractivity contribution in [3.8, 4) is 11.1 Å². The summed E-state index contributed by atoms with van der Waals surface area (Å²) in [6.07, 6.45) is 0. The fourth-order valence-corrected chi connectivity index (χ4v) is 9.83. The zero-order valence-electron chi connectivity index (χ0n) is 32.4. The molecule has 0 spiro atoms. The van der Waals surface area contributed by atoms with E-state index in [9.17, 15) is 0 Å². The molecule has 0 aliphatic carbocycles. The summed E-state index contributed by atoms with van der Waals surface area (Å²) in [5.74, 6) is 0.837. The third-order valence-electron chi connectivity index (χ3n) is 12.6. The molecule has 13 aromatic rings. The maximum atomic E-state index is 6.58. The molecule has 0 saturated carbocycles. The molecule has 0 N–H and O–H groups in total. The molecule has 280 valence electrons. The van der Waals surface area contributed by atoms with Crippen molar-refractivity contribution < 1.29 is 4.42 Å². The first kappa shape index (κ1) is 33.0. The van der Waals surface area contributed by atoms with E-state index in [0.29, 0.717) is 6.54 Å². The Kier molecular flexibility index (Phi) is 6.87. The minimum atomic E-state index is 0.533. The molecule has 0 aliphatic rings. The zero-order valence-corrected chi connectivity index (χ0v) is 32.4. The topological polar surface area (TPSA) is 47.2 Å². The number of hydrogen-bond acceptors (Lipinski definition) is 3. The average Bonchev–Trinajstić information content (AvgIpc) is 4.03. The van der Waals surface area contributed by atoms with Crippen LogP contribution < -0.4 is 0 Å². The van der Waals surface area contributed by atoms with Gasteiger partial charge >= 0.3 is 0 Å². The Bertz CT molecular complexity index is 3940. The van der Waals surface area contributed by atoms with E-state index in [-0.39, 0.29) is 0 Å². The Morgan fingerprint density at radius 2 is 1.08 bits per heavy atom. The molecule has 0 bridgehead atoms. The second-order valence-electron chi connectivity index (χ2n) is 15.8. The molecule has 0 unspecified atom stereocenters. The minimum absolute atomic E-state index is 0.533. The van der Waals surface area contributed by atoms with E-state index < -0.39 is 0 Å². The Morgan fingerprint density at radius 1 is 0.467 bits per heavy atom. The van der Waals surface area contributed by atoms with E-state index >= 15 is 0 Å². The number of aromatic nitrogens is 2. The van der Waals surface area contributed by atoms with Crippen LogP contribution in [0.3, 0.4) is 0 Å². The van der Waals surface area contributed by atoms with E-state index in [2.05, 4.69) is 178 Å². The number of benzene rings is 9. The maximum Gasteiger partial charge on any atom is 0.142 e. The van der Waals surface area contributed by atoms with Gasteiger partial charge in [-0.1, -0.05) is 109 Å². The first-order chi connectivity index (χ1) is 29.7. The highest BCUT2D eigenvalue weighted by Gasteiger charge is 2.21. The monoisotopic (exact) mass is 766 g/mol. The van der Waals surface area contributed by atoms with E-state index in [4.69, 9.17) is 9.41 Å². The molecule has 4 aromatic heterocycles. The molecule has 0 atom stereocenters. The standard InChI is InChI=1S/C55H34N4O/c1-56-47-19-8-5-16-42(47)55(57-32-33-12-3-2-4-13-33)59-49-21-10-7-15-39(49)43-26-34(22-24-50(43)59)35-23-25-52-45(27-35)46-29-36-28-44-41-18-11-17-40-38-14-6-9-20-48(38)58(54(40)41)51(44)30-37(36)31-53(46)60-52/h2-31H,1,32H2. The lowest BCUT2D eigenvalue weighted by Crippen LogP contribution is -2.14. The number of hydrogen-bond donors (Lipinski definition) is 0. The number of furan rings is 1. The summed E-state index contributed by atoms with van der Waals surface area (Å²) in [4.78, 5) is 9.72. The van der Waals surface area contributed by atoms with Gasteiger partial charge in [0.15, 0.2) is 0 Å². The lowest BCUT2D eigenvalue weighted by atomic mass is 9.99. The van der Waals surface area contributed by atoms with Gasteiger partial charge in [0.25, 0.3) is 0 Å². The second kappa shape index (κ2) is 12.5. The Balaban J connectivity index is 0.972. The van der Waals surface area contributed by atoms with E-state index in [1.165, 1.54) is 48.9 Å². The summed E-state index contributed by atoms with van der Waals surface area (Å²) in [7, 11) is 0. The van der Waals surface area contributed by atoms with Crippen molar-refractivity contribution in [2.45, 2.75) is 6.54 Å². The highest BCUT2D eigenvalue weighted by atomic mass is 16.3. The lowest BCUT2D eigenvalue weighted by molar-refractivity contribution is 0.669. The molecule has 5 nitrogen and oxygen atoms in total. The molecular formula is C55H34N4O. The van der Waals surface area contributed by atoms with Crippen molar-refractivity contribution in [1.82, 2.24) is 8.97 Å². The molecule has 0 radical (unpaired) electrons. The Morgan fingerprint density at radius 3 is 1.93 bits per heavy atom. The molecule has 0 fully saturated rings. The van der Waals surface area contributed by atoms with Crippen LogP contribution in [0.5, 0.6) is 0 Å². The predicted octanol–water partition coefficient (Wildman–Crippen LogP) is 14.5. The van der Waals surface area contributed by atoms with Crippen molar-refractivity contribution in [3.05, 3.63) is 193 Å². The van der Waals surface area contributed by atoms with Gasteiger partial charge in [-0.2, -0.15) is 0 Å². The third-order valence-corrected chi connectivity index (χ3v) is 12.6. The van der Waals surface area contributed by atoms with Crippen molar-refractivity contribution in [1.29, 1.82) is 0 Å². The number of aliphatic imine (C=N–C) groups is 2. The molecule has 5 heteroatoms. The van der Waals surface area contributed by atoms with Crippen LogP contribution in [0.4, 0.5) is 5.69 Å². The highest BCUT2D eigenvalue weighted by molar-refractivity contribution is 6.25. The third kappa shape index (κ3) is 4.68. The Hall–Kier alpha value is -8.02. The lowest BCUT2D eigenvalue weighted by Gasteiger charge is -2.14. The predicted molar refractivity (Wildman–Crippen MR) is 252 cm³/mol. The van der Waals surface area contributed by atoms with Gasteiger partial charge in [-0.3, -0.25) is 14.6 Å². The molecule has 0 amide bonds. The number of nitrogens with zero attached hydrogens (tertiary/aromatic N) is 4. The fraction of sp³-hybridized carbons (Fsp3) is 0.0182. The summed E-state index contributed by atoms with van der Waals surface area (Å²) in [5.41, 5.74) is 12.8. The summed E-state index contributed by atoms with van der Waals surface area (Å²) in [5, 5.41) is 12.1. The van der Waals surface area contributed by atoms with Crippen molar-refractivity contribution in [3.63, 3.8) is 0 Å². The maximum absolute atomic E-state index is 6.58.